The summed E-state index contributed by atoms with van der Waals surface area (Å²) in [6, 6.07) is 3.30. The first-order valence-corrected chi connectivity index (χ1v) is 12.3. The normalized spacial score (nSPS) is 33.7. The number of aliphatic imine (C=N–C) groups is 1. The van der Waals surface area contributed by atoms with Crippen LogP contribution in [-0.4, -0.2) is 65.9 Å². The van der Waals surface area contributed by atoms with E-state index in [0.29, 0.717) is 36.4 Å². The highest BCUT2D eigenvalue weighted by Gasteiger charge is 2.58. The quantitative estimate of drug-likeness (QED) is 0.653. The molecule has 4 nitrogen and oxygen atoms in total. The van der Waals surface area contributed by atoms with Crippen molar-refractivity contribution in [2.24, 2.45) is 10.9 Å². The number of hydrogen-bond donors (Lipinski definition) is 2. The van der Waals surface area contributed by atoms with Gasteiger partial charge in [0.1, 0.15) is 11.9 Å². The largest absolute Gasteiger partial charge is 0.508 e. The predicted molar refractivity (Wildman–Crippen MR) is 123 cm³/mol. The minimum atomic E-state index is -2.67. The van der Waals surface area contributed by atoms with Crippen molar-refractivity contribution in [1.82, 2.24) is 10.2 Å². The number of nitrogens with zero attached hydrogens (tertiary/aromatic N) is 2. The van der Waals surface area contributed by atoms with Crippen LogP contribution in [0.4, 0.5) is 13.2 Å². The number of aryl methyl sites for hydroxylation is 1. The summed E-state index contributed by atoms with van der Waals surface area (Å²) in [5.41, 5.74) is 3.01. The smallest absolute Gasteiger partial charge is 0.255 e. The third-order valence-corrected chi connectivity index (χ3v) is 8.16. The third kappa shape index (κ3) is 4.59. The van der Waals surface area contributed by atoms with Crippen LogP contribution in [0.2, 0.25) is 0 Å². The molecule has 0 amide bonds. The van der Waals surface area contributed by atoms with Crippen LogP contribution in [0.25, 0.3) is 0 Å². The van der Waals surface area contributed by atoms with Gasteiger partial charge in [0.05, 0.1) is 23.0 Å². The molecule has 0 radical (unpaired) electrons. The number of phenolic OH excluding ortho intramolecular Hbond substituents is 1. The van der Waals surface area contributed by atoms with E-state index in [1.807, 2.05) is 14.0 Å². The molecule has 3 heterocycles. The van der Waals surface area contributed by atoms with Crippen LogP contribution >= 0.6 is 11.8 Å². The first-order valence-electron chi connectivity index (χ1n) is 11.4. The van der Waals surface area contributed by atoms with Gasteiger partial charge in [0.15, 0.2) is 0 Å². The van der Waals surface area contributed by atoms with Gasteiger partial charge in [-0.25, -0.2) is 13.2 Å². The zero-order valence-electron chi connectivity index (χ0n) is 18.5. The summed E-state index contributed by atoms with van der Waals surface area (Å²) in [4.78, 5) is 8.03. The van der Waals surface area contributed by atoms with E-state index in [0.717, 1.165) is 35.7 Å². The number of hydrogen-bond acceptors (Lipinski definition) is 5. The van der Waals surface area contributed by atoms with Crippen molar-refractivity contribution in [1.29, 1.82) is 0 Å². The SMILES string of the molecule is Cc1cc(O)c(CC2C=C3SC(NC[C@@H]4C[C@@H](F)CN(C)C4)CC3=N2)c(C2CC2(F)F)c1. The number of allylic oxidation sites excluding steroid dienone is 1. The zero-order valence-corrected chi connectivity index (χ0v) is 19.3. The molecule has 5 rings (SSSR count). The molecule has 32 heavy (non-hydrogen) atoms. The lowest BCUT2D eigenvalue weighted by Crippen LogP contribution is -2.43. The molecule has 0 aromatic heterocycles. The van der Waals surface area contributed by atoms with E-state index in [9.17, 15) is 18.3 Å². The van der Waals surface area contributed by atoms with Gasteiger partial charge in [-0.3, -0.25) is 4.99 Å². The molecule has 3 fully saturated rings. The molecule has 1 aromatic rings. The molecule has 1 aliphatic carbocycles. The number of aromatic hydroxyl groups is 1. The van der Waals surface area contributed by atoms with Crippen molar-refractivity contribution < 1.29 is 18.3 Å². The molecule has 174 valence electrons. The Morgan fingerprint density at radius 2 is 2.09 bits per heavy atom. The predicted octanol–water partition coefficient (Wildman–Crippen LogP) is 4.42. The van der Waals surface area contributed by atoms with Crippen molar-refractivity contribution in [3.63, 3.8) is 0 Å². The summed E-state index contributed by atoms with van der Waals surface area (Å²) < 4.78 is 41.3. The van der Waals surface area contributed by atoms with Crippen LogP contribution in [0, 0.1) is 12.8 Å². The van der Waals surface area contributed by atoms with Crippen LogP contribution in [0.3, 0.4) is 0 Å². The second-order valence-corrected chi connectivity index (χ2v) is 11.1. The molecular weight excluding hydrogens is 435 g/mol. The minimum Gasteiger partial charge on any atom is -0.508 e. The number of rotatable bonds is 6. The van der Waals surface area contributed by atoms with Gasteiger partial charge in [0.2, 0.25) is 0 Å². The van der Waals surface area contributed by atoms with Crippen molar-refractivity contribution in [2.45, 2.75) is 62.0 Å². The number of benzene rings is 1. The van der Waals surface area contributed by atoms with Crippen molar-refractivity contribution in [2.75, 3.05) is 26.7 Å². The fraction of sp³-hybridized carbons (Fsp3) is 0.625. The lowest BCUT2D eigenvalue weighted by molar-refractivity contribution is 0.112. The van der Waals surface area contributed by atoms with E-state index in [1.165, 1.54) is 0 Å². The summed E-state index contributed by atoms with van der Waals surface area (Å²) in [7, 11) is 1.97. The minimum absolute atomic E-state index is 0.0918. The highest BCUT2D eigenvalue weighted by molar-refractivity contribution is 8.05. The first-order chi connectivity index (χ1) is 15.2. The van der Waals surface area contributed by atoms with Crippen LogP contribution in [0.15, 0.2) is 28.1 Å². The van der Waals surface area contributed by atoms with Gasteiger partial charge < -0.3 is 15.3 Å². The molecule has 2 saturated heterocycles. The number of thioether (sulfide) groups is 1. The summed E-state index contributed by atoms with van der Waals surface area (Å²) >= 11 is 1.74. The molecular formula is C24H30F3N3OS. The summed E-state index contributed by atoms with van der Waals surface area (Å²) in [6.45, 7) is 4.05. The average molecular weight is 466 g/mol. The van der Waals surface area contributed by atoms with E-state index in [4.69, 9.17) is 4.99 Å². The molecule has 1 saturated carbocycles. The second-order valence-electron chi connectivity index (χ2n) is 9.89. The Morgan fingerprint density at radius 3 is 2.78 bits per heavy atom. The van der Waals surface area contributed by atoms with Crippen LogP contribution in [0.5, 0.6) is 5.75 Å². The Balaban J connectivity index is 1.20. The van der Waals surface area contributed by atoms with Gasteiger partial charge in [-0.1, -0.05) is 6.07 Å². The fourth-order valence-corrected chi connectivity index (χ4v) is 6.58. The maximum absolute atomic E-state index is 13.8. The van der Waals surface area contributed by atoms with Crippen molar-refractivity contribution in [3.8, 4) is 5.75 Å². The Bertz CT molecular complexity index is 934. The van der Waals surface area contributed by atoms with E-state index < -0.39 is 18.0 Å². The first kappa shape index (κ1) is 22.3. The lowest BCUT2D eigenvalue weighted by Gasteiger charge is -2.32. The monoisotopic (exact) mass is 465 g/mol. The fourth-order valence-electron chi connectivity index (χ4n) is 5.35. The topological polar surface area (TPSA) is 47.9 Å². The van der Waals surface area contributed by atoms with Crippen molar-refractivity contribution in [3.05, 3.63) is 39.8 Å². The van der Waals surface area contributed by atoms with Gasteiger partial charge in [-0.2, -0.15) is 0 Å². The van der Waals surface area contributed by atoms with Gasteiger partial charge in [0, 0.05) is 49.4 Å². The number of nitrogens with one attached hydrogen (secondary N) is 1. The number of phenols is 1. The molecule has 2 N–H and O–H groups in total. The molecule has 3 unspecified atom stereocenters. The number of likely N-dealkylation sites (tertiary alicyclic amines) is 1. The van der Waals surface area contributed by atoms with Crippen LogP contribution in [0.1, 0.15) is 41.9 Å². The van der Waals surface area contributed by atoms with Gasteiger partial charge in [0.25, 0.3) is 5.92 Å². The van der Waals surface area contributed by atoms with Gasteiger partial charge >= 0.3 is 0 Å². The maximum Gasteiger partial charge on any atom is 0.255 e. The maximum atomic E-state index is 13.8. The Kier molecular flexibility index (Phi) is 5.83. The highest BCUT2D eigenvalue weighted by atomic mass is 32.2. The molecule has 0 spiro atoms. The average Bonchev–Trinajstić information content (AvgIpc) is 2.99. The third-order valence-electron chi connectivity index (χ3n) is 6.92. The molecule has 4 aliphatic rings. The number of fused-ring (bicyclic) bond motifs is 1. The van der Waals surface area contributed by atoms with Crippen LogP contribution in [-0.2, 0) is 6.42 Å². The number of halogens is 3. The van der Waals surface area contributed by atoms with E-state index in [-0.39, 0.29) is 23.6 Å². The van der Waals surface area contributed by atoms with E-state index in [1.54, 1.807) is 23.9 Å². The molecule has 0 bridgehead atoms. The summed E-state index contributed by atoms with van der Waals surface area (Å²) in [5.74, 6) is -3.06. The summed E-state index contributed by atoms with van der Waals surface area (Å²) in [5, 5.41) is 14.3. The van der Waals surface area contributed by atoms with E-state index in [2.05, 4.69) is 16.3 Å². The van der Waals surface area contributed by atoms with Gasteiger partial charge in [-0.15, -0.1) is 11.8 Å². The lowest BCUT2D eigenvalue weighted by atomic mass is 9.94. The number of piperidine rings is 1. The standard InChI is InChI=1S/C24H30F3N3OS/c1-13-3-17(19-9-24(19,26)27)18(21(31)4-13)6-16-7-22-20(29-16)8-23(32-22)28-10-14-5-15(25)12-30(2)11-14/h3-4,7,14-16,19,23,28,31H,5-6,8-12H2,1-2H3/t14-,15+,16?,19?,23?/m0/s1. The van der Waals surface area contributed by atoms with Gasteiger partial charge in [-0.05, 0) is 49.6 Å². The Labute approximate surface area is 191 Å². The second kappa shape index (κ2) is 8.37. The van der Waals surface area contributed by atoms with Crippen molar-refractivity contribution >= 4 is 17.5 Å². The highest BCUT2D eigenvalue weighted by Crippen LogP contribution is 2.57. The number of alkyl halides is 3. The van der Waals surface area contributed by atoms with E-state index >= 15 is 0 Å². The zero-order chi connectivity index (χ0) is 22.6. The summed E-state index contributed by atoms with van der Waals surface area (Å²) in [6.07, 6.45) is 3.06. The molecule has 1 aromatic carbocycles. The Morgan fingerprint density at radius 1 is 1.31 bits per heavy atom. The Hall–Kier alpha value is -1.51. The molecule has 8 heteroatoms. The molecule has 5 atom stereocenters. The molecule has 3 aliphatic heterocycles. The van der Waals surface area contributed by atoms with Crippen LogP contribution < -0.4 is 5.32 Å².